The van der Waals surface area contributed by atoms with Gasteiger partial charge in [-0.25, -0.2) is 0 Å². The van der Waals surface area contributed by atoms with Crippen LogP contribution in [0.3, 0.4) is 0 Å². The largest absolute Gasteiger partial charge is 0.299 e. The van der Waals surface area contributed by atoms with Crippen LogP contribution >= 0.6 is 15.9 Å². The number of aromatic nitrogens is 2. The number of ketones is 1. The Hall–Kier alpha value is -0.640. The van der Waals surface area contributed by atoms with Crippen molar-refractivity contribution in [3.8, 4) is 0 Å². The first kappa shape index (κ1) is 10.9. The fraction of sp³-hybridized carbons (Fsp3) is 0.636. The molecule has 0 saturated heterocycles. The Morgan fingerprint density at radius 2 is 2.27 bits per heavy atom. The number of halogens is 1. The molecule has 0 spiro atoms. The third-order valence-electron chi connectivity index (χ3n) is 2.90. The van der Waals surface area contributed by atoms with Gasteiger partial charge in [0.2, 0.25) is 0 Å². The number of hydrogen-bond acceptors (Lipinski definition) is 2. The van der Waals surface area contributed by atoms with Gasteiger partial charge >= 0.3 is 0 Å². The van der Waals surface area contributed by atoms with Gasteiger partial charge in [0.25, 0.3) is 0 Å². The van der Waals surface area contributed by atoms with E-state index in [-0.39, 0.29) is 0 Å². The van der Waals surface area contributed by atoms with Crippen LogP contribution in [0.4, 0.5) is 0 Å². The van der Waals surface area contributed by atoms with E-state index in [4.69, 9.17) is 0 Å². The van der Waals surface area contributed by atoms with Crippen molar-refractivity contribution in [2.24, 2.45) is 13.0 Å². The molecule has 1 heterocycles. The van der Waals surface area contributed by atoms with E-state index in [2.05, 4.69) is 21.0 Å². The molecule has 1 fully saturated rings. The van der Waals surface area contributed by atoms with Crippen LogP contribution in [-0.2, 0) is 18.3 Å². The molecule has 3 nitrogen and oxygen atoms in total. The van der Waals surface area contributed by atoms with Crippen LogP contribution in [0.1, 0.15) is 30.7 Å². The lowest BCUT2D eigenvalue weighted by atomic mass is 10.1. The zero-order valence-corrected chi connectivity index (χ0v) is 10.7. The Kier molecular flexibility index (Phi) is 2.96. The number of rotatable bonds is 4. The fourth-order valence-corrected chi connectivity index (χ4v) is 2.34. The van der Waals surface area contributed by atoms with Crippen molar-refractivity contribution >= 4 is 21.7 Å². The molecular weight excluding hydrogens is 256 g/mol. The molecule has 0 radical (unpaired) electrons. The van der Waals surface area contributed by atoms with Crippen molar-refractivity contribution in [2.45, 2.75) is 32.6 Å². The van der Waals surface area contributed by atoms with Crippen molar-refractivity contribution < 1.29 is 4.79 Å². The maximum Gasteiger partial charge on any atom is 0.136 e. The first-order valence-corrected chi connectivity index (χ1v) is 6.09. The molecule has 82 valence electrons. The highest BCUT2D eigenvalue weighted by atomic mass is 79.9. The summed E-state index contributed by atoms with van der Waals surface area (Å²) in [6.45, 7) is 1.97. The number of carbonyl (C=O) groups excluding carboxylic acids is 1. The summed E-state index contributed by atoms with van der Waals surface area (Å²) >= 11 is 3.51. The molecular formula is C11H15BrN2O. The van der Waals surface area contributed by atoms with E-state index >= 15 is 0 Å². The number of aryl methyl sites for hydroxylation is 2. The van der Waals surface area contributed by atoms with E-state index < -0.39 is 0 Å². The molecule has 1 aliphatic rings. The van der Waals surface area contributed by atoms with Gasteiger partial charge in [-0.3, -0.25) is 9.48 Å². The van der Waals surface area contributed by atoms with Crippen LogP contribution in [0.25, 0.3) is 0 Å². The second-order valence-corrected chi connectivity index (χ2v) is 5.00. The standard InChI is InChI=1S/C11H15BrN2O/c1-7-11(12)9(14(2)13-7)5-6-10(15)8-3-4-8/h8H,3-6H2,1-2H3. The van der Waals surface area contributed by atoms with Gasteiger partial charge in [-0.1, -0.05) is 0 Å². The zero-order chi connectivity index (χ0) is 11.0. The maximum atomic E-state index is 11.6. The van der Waals surface area contributed by atoms with Gasteiger partial charge in [0.05, 0.1) is 15.9 Å². The van der Waals surface area contributed by atoms with Crippen LogP contribution in [0.5, 0.6) is 0 Å². The molecule has 2 rings (SSSR count). The summed E-state index contributed by atoms with van der Waals surface area (Å²) in [5, 5.41) is 4.31. The van der Waals surface area contributed by atoms with E-state index in [9.17, 15) is 4.79 Å². The second kappa shape index (κ2) is 4.08. The van der Waals surface area contributed by atoms with E-state index in [1.165, 1.54) is 0 Å². The quantitative estimate of drug-likeness (QED) is 0.842. The van der Waals surface area contributed by atoms with Crippen LogP contribution in [0, 0.1) is 12.8 Å². The van der Waals surface area contributed by atoms with Crippen LogP contribution < -0.4 is 0 Å². The molecule has 0 atom stereocenters. The Balaban J connectivity index is 2.00. The second-order valence-electron chi connectivity index (χ2n) is 4.21. The Morgan fingerprint density at radius 1 is 1.60 bits per heavy atom. The lowest BCUT2D eigenvalue weighted by molar-refractivity contribution is -0.120. The van der Waals surface area contributed by atoms with E-state index in [1.807, 2.05) is 18.7 Å². The van der Waals surface area contributed by atoms with Crippen molar-refractivity contribution in [1.82, 2.24) is 9.78 Å². The molecule has 0 aromatic carbocycles. The number of hydrogen-bond donors (Lipinski definition) is 0. The van der Waals surface area contributed by atoms with Gasteiger partial charge in [-0.15, -0.1) is 0 Å². The summed E-state index contributed by atoms with van der Waals surface area (Å²) in [4.78, 5) is 11.6. The predicted octanol–water partition coefficient (Wildman–Crippen LogP) is 2.40. The molecule has 0 bridgehead atoms. The lowest BCUT2D eigenvalue weighted by Crippen LogP contribution is -2.05. The SMILES string of the molecule is Cc1nn(C)c(CCC(=O)C2CC2)c1Br. The molecule has 0 unspecified atom stereocenters. The molecule has 0 N–H and O–H groups in total. The monoisotopic (exact) mass is 270 g/mol. The lowest BCUT2D eigenvalue weighted by Gasteiger charge is -2.01. The van der Waals surface area contributed by atoms with Gasteiger partial charge in [-0.05, 0) is 42.1 Å². The predicted molar refractivity (Wildman–Crippen MR) is 61.7 cm³/mol. The molecule has 1 aromatic heterocycles. The van der Waals surface area contributed by atoms with Crippen molar-refractivity contribution in [1.29, 1.82) is 0 Å². The van der Waals surface area contributed by atoms with E-state index in [0.29, 0.717) is 18.1 Å². The average Bonchev–Trinajstić information content (AvgIpc) is 2.96. The number of Topliss-reactive ketones (excluding diaryl/α,β-unsaturated/α-hetero) is 1. The molecule has 1 saturated carbocycles. The summed E-state index contributed by atoms with van der Waals surface area (Å²) in [5.41, 5.74) is 2.12. The van der Waals surface area contributed by atoms with Gasteiger partial charge in [-0.2, -0.15) is 5.10 Å². The smallest absolute Gasteiger partial charge is 0.136 e. The third-order valence-corrected chi connectivity index (χ3v) is 3.93. The molecule has 1 aliphatic carbocycles. The molecule has 0 amide bonds. The van der Waals surface area contributed by atoms with Gasteiger partial charge in [0, 0.05) is 19.4 Å². The highest BCUT2D eigenvalue weighted by molar-refractivity contribution is 9.10. The first-order chi connectivity index (χ1) is 7.09. The molecule has 1 aromatic rings. The fourth-order valence-electron chi connectivity index (χ4n) is 1.80. The minimum atomic E-state index is 0.373. The molecule has 4 heteroatoms. The molecule has 0 aliphatic heterocycles. The number of carbonyl (C=O) groups is 1. The van der Waals surface area contributed by atoms with Crippen molar-refractivity contribution in [2.75, 3.05) is 0 Å². The Morgan fingerprint density at radius 3 is 2.73 bits per heavy atom. The minimum Gasteiger partial charge on any atom is -0.299 e. The summed E-state index contributed by atoms with van der Waals surface area (Å²) in [6.07, 6.45) is 3.66. The highest BCUT2D eigenvalue weighted by Crippen LogP contribution is 2.31. The Bertz CT molecular complexity index is 394. The van der Waals surface area contributed by atoms with Gasteiger partial charge in [0.15, 0.2) is 0 Å². The van der Waals surface area contributed by atoms with Gasteiger partial charge in [0.1, 0.15) is 5.78 Å². The van der Waals surface area contributed by atoms with Crippen LogP contribution in [0.15, 0.2) is 4.47 Å². The van der Waals surface area contributed by atoms with Crippen LogP contribution in [0.2, 0.25) is 0 Å². The topological polar surface area (TPSA) is 34.9 Å². The summed E-state index contributed by atoms with van der Waals surface area (Å²) in [5.74, 6) is 0.791. The average molecular weight is 271 g/mol. The van der Waals surface area contributed by atoms with Crippen molar-refractivity contribution in [3.63, 3.8) is 0 Å². The normalized spacial score (nSPS) is 15.7. The van der Waals surface area contributed by atoms with Crippen molar-refractivity contribution in [3.05, 3.63) is 15.9 Å². The highest BCUT2D eigenvalue weighted by Gasteiger charge is 2.29. The van der Waals surface area contributed by atoms with Gasteiger partial charge < -0.3 is 0 Å². The van der Waals surface area contributed by atoms with E-state index in [1.54, 1.807) is 0 Å². The maximum absolute atomic E-state index is 11.6. The zero-order valence-electron chi connectivity index (χ0n) is 9.09. The summed E-state index contributed by atoms with van der Waals surface area (Å²) < 4.78 is 2.91. The minimum absolute atomic E-state index is 0.373. The summed E-state index contributed by atoms with van der Waals surface area (Å²) in [7, 11) is 1.93. The Labute approximate surface area is 98.0 Å². The first-order valence-electron chi connectivity index (χ1n) is 5.30. The van der Waals surface area contributed by atoms with Crippen LogP contribution in [-0.4, -0.2) is 15.6 Å². The summed E-state index contributed by atoms with van der Waals surface area (Å²) in [6, 6.07) is 0. The molecule has 15 heavy (non-hydrogen) atoms. The third kappa shape index (κ3) is 2.30. The van der Waals surface area contributed by atoms with E-state index in [0.717, 1.165) is 35.1 Å². The number of nitrogens with zero attached hydrogens (tertiary/aromatic N) is 2.